The average molecular weight is 723 g/mol. The van der Waals surface area contributed by atoms with Gasteiger partial charge in [-0.2, -0.15) is 0 Å². The molecule has 0 saturated carbocycles. The zero-order chi connectivity index (χ0) is 37.4. The van der Waals surface area contributed by atoms with Gasteiger partial charge in [-0.05, 0) is 76.0 Å². The van der Waals surface area contributed by atoms with Crippen LogP contribution in [0.15, 0.2) is 36.7 Å². The molecule has 0 radical (unpaired) electrons. The highest BCUT2D eigenvalue weighted by atomic mass is 28.4. The Balaban J connectivity index is 1.44. The average Bonchev–Trinajstić information content (AvgIpc) is 3.36. The molecule has 2 aromatic heterocycles. The lowest BCUT2D eigenvalue weighted by atomic mass is 9.85. The number of fused-ring (bicyclic) bond motifs is 1. The first-order valence-electron chi connectivity index (χ1n) is 17.3. The van der Waals surface area contributed by atoms with Crippen molar-refractivity contribution >= 4 is 37.8 Å². The number of amides is 2. The number of nitrogens with one attached hydrogen (secondary N) is 2. The van der Waals surface area contributed by atoms with Gasteiger partial charge in [0.15, 0.2) is 14.1 Å². The summed E-state index contributed by atoms with van der Waals surface area (Å²) in [5.74, 6) is 0.0959. The molecule has 276 valence electrons. The maximum absolute atomic E-state index is 15.5. The van der Waals surface area contributed by atoms with Crippen LogP contribution in [0.5, 0.6) is 5.75 Å². The first-order chi connectivity index (χ1) is 23.8. The third kappa shape index (κ3) is 8.67. The minimum absolute atomic E-state index is 0.0244. The zero-order valence-electron chi connectivity index (χ0n) is 31.4. The number of aromatic nitrogens is 3. The second-order valence-corrected chi connectivity index (χ2v) is 20.9. The second-order valence-electron chi connectivity index (χ2n) is 16.1. The van der Waals surface area contributed by atoms with Crippen LogP contribution in [0.1, 0.15) is 77.2 Å². The van der Waals surface area contributed by atoms with Crippen LogP contribution in [0.2, 0.25) is 18.1 Å². The van der Waals surface area contributed by atoms with E-state index in [9.17, 15) is 9.59 Å². The SMILES string of the molecule is COc1cc(C(=O)NC2CCOCC2)ccc1Nc1ncc(F)c(-c2cnc3c(c2)C(C)(CO[Si](C)(C)C(C)(C)C)CN3C(=O)OC(C)(C)C)n1. The van der Waals surface area contributed by atoms with Crippen molar-refractivity contribution in [3.05, 3.63) is 53.6 Å². The van der Waals surface area contributed by atoms with E-state index in [1.54, 1.807) is 18.2 Å². The van der Waals surface area contributed by atoms with Crippen LogP contribution >= 0.6 is 0 Å². The molecule has 0 spiro atoms. The van der Waals surface area contributed by atoms with Crippen LogP contribution in [-0.2, 0) is 19.3 Å². The van der Waals surface area contributed by atoms with Crippen LogP contribution in [0.3, 0.4) is 0 Å². The fourth-order valence-electron chi connectivity index (χ4n) is 5.70. The molecule has 2 N–H and O–H groups in total. The van der Waals surface area contributed by atoms with Gasteiger partial charge in [-0.1, -0.05) is 27.7 Å². The van der Waals surface area contributed by atoms with Gasteiger partial charge in [0.05, 0.1) is 19.0 Å². The second kappa shape index (κ2) is 14.5. The molecule has 0 aliphatic carbocycles. The Morgan fingerprint density at radius 2 is 1.78 bits per heavy atom. The molecule has 2 amide bonds. The van der Waals surface area contributed by atoms with Gasteiger partial charge < -0.3 is 29.3 Å². The number of carbonyl (C=O) groups is 2. The highest BCUT2D eigenvalue weighted by molar-refractivity contribution is 6.74. The predicted octanol–water partition coefficient (Wildman–Crippen LogP) is 7.37. The monoisotopic (exact) mass is 722 g/mol. The molecule has 1 unspecified atom stereocenters. The molecule has 12 nitrogen and oxygen atoms in total. The molecule has 4 heterocycles. The summed E-state index contributed by atoms with van der Waals surface area (Å²) in [6, 6.07) is 6.88. The Kier molecular flexibility index (Phi) is 10.8. The minimum Gasteiger partial charge on any atom is -0.495 e. The number of methoxy groups -OCH3 is 1. The van der Waals surface area contributed by atoms with Crippen LogP contribution < -0.4 is 20.3 Å². The van der Waals surface area contributed by atoms with Gasteiger partial charge in [-0.3, -0.25) is 9.69 Å². The number of halogens is 1. The van der Waals surface area contributed by atoms with Gasteiger partial charge in [0.1, 0.15) is 22.9 Å². The molecule has 1 fully saturated rings. The molecule has 14 heteroatoms. The molecule has 0 bridgehead atoms. The molecule has 1 atom stereocenters. The lowest BCUT2D eigenvalue weighted by molar-refractivity contribution is 0.0573. The molecule has 51 heavy (non-hydrogen) atoms. The number of pyridine rings is 1. The summed E-state index contributed by atoms with van der Waals surface area (Å²) in [4.78, 5) is 41.2. The van der Waals surface area contributed by atoms with E-state index in [4.69, 9.17) is 18.6 Å². The Morgan fingerprint density at radius 3 is 2.43 bits per heavy atom. The van der Waals surface area contributed by atoms with E-state index in [0.717, 1.165) is 24.6 Å². The Hall–Kier alpha value is -4.14. The fourth-order valence-corrected chi connectivity index (χ4v) is 6.81. The van der Waals surface area contributed by atoms with Crippen LogP contribution in [0.25, 0.3) is 11.3 Å². The van der Waals surface area contributed by atoms with Gasteiger partial charge in [0, 0.05) is 60.7 Å². The van der Waals surface area contributed by atoms with Crippen molar-refractivity contribution < 1.29 is 32.6 Å². The van der Waals surface area contributed by atoms with Crippen molar-refractivity contribution in [2.75, 3.05) is 43.7 Å². The number of benzene rings is 1. The van der Waals surface area contributed by atoms with Crippen molar-refractivity contribution in [2.45, 2.75) is 96.5 Å². The molecular formula is C37H51FN6O6Si. The summed E-state index contributed by atoms with van der Waals surface area (Å²) >= 11 is 0. The Morgan fingerprint density at radius 1 is 1.08 bits per heavy atom. The molecule has 1 saturated heterocycles. The smallest absolute Gasteiger partial charge is 0.416 e. The summed E-state index contributed by atoms with van der Waals surface area (Å²) in [5.41, 5.74) is 0.727. The quantitative estimate of drug-likeness (QED) is 0.215. The predicted molar refractivity (Wildman–Crippen MR) is 197 cm³/mol. The first-order valence-corrected chi connectivity index (χ1v) is 20.2. The third-order valence-electron chi connectivity index (χ3n) is 9.74. The standard InChI is InChI=1S/C37H51FN6O6Si/c1-35(2,3)50-34(46)44-21-37(7,22-49-51(9,10)36(4,5)6)26-17-24(19-39-31(26)44)30-27(38)20-40-33(43-30)42-28-12-11-23(18-29(28)47-8)32(45)41-25-13-15-48-16-14-25/h11-12,17-20,25H,13-16,21-22H2,1-10H3,(H,41,45)(H,40,42,43). The first kappa shape index (κ1) is 38.1. The molecule has 2 aliphatic heterocycles. The lowest BCUT2D eigenvalue weighted by Gasteiger charge is -2.39. The Bertz CT molecular complexity index is 1770. The molecule has 3 aromatic rings. The molecular weight excluding hydrogens is 672 g/mol. The number of anilines is 3. The summed E-state index contributed by atoms with van der Waals surface area (Å²) in [6.45, 7) is 20.2. The van der Waals surface area contributed by atoms with Gasteiger partial charge >= 0.3 is 6.09 Å². The Labute approximate surface area is 301 Å². The number of nitrogens with zero attached hydrogens (tertiary/aromatic N) is 4. The summed E-state index contributed by atoms with van der Waals surface area (Å²) in [5, 5.41) is 6.13. The van der Waals surface area contributed by atoms with Crippen molar-refractivity contribution in [1.82, 2.24) is 20.3 Å². The van der Waals surface area contributed by atoms with Gasteiger partial charge in [-0.25, -0.2) is 24.1 Å². The molecule has 5 rings (SSSR count). The van der Waals surface area contributed by atoms with Crippen molar-refractivity contribution in [2.24, 2.45) is 0 Å². The third-order valence-corrected chi connectivity index (χ3v) is 14.2. The van der Waals surface area contributed by atoms with Gasteiger partial charge in [0.2, 0.25) is 5.95 Å². The van der Waals surface area contributed by atoms with E-state index in [1.807, 2.05) is 33.8 Å². The molecule has 2 aliphatic rings. The van der Waals surface area contributed by atoms with E-state index in [1.165, 1.54) is 18.2 Å². The van der Waals surface area contributed by atoms with E-state index in [0.29, 0.717) is 48.2 Å². The van der Waals surface area contributed by atoms with Crippen LogP contribution in [0, 0.1) is 5.82 Å². The van der Waals surface area contributed by atoms with E-state index < -0.39 is 31.2 Å². The largest absolute Gasteiger partial charge is 0.495 e. The number of carbonyl (C=O) groups excluding carboxylic acids is 2. The van der Waals surface area contributed by atoms with Crippen LogP contribution in [0.4, 0.5) is 26.6 Å². The number of hydrogen-bond donors (Lipinski definition) is 2. The zero-order valence-corrected chi connectivity index (χ0v) is 32.4. The van der Waals surface area contributed by atoms with E-state index >= 15 is 4.39 Å². The van der Waals surface area contributed by atoms with Crippen molar-refractivity contribution in [1.29, 1.82) is 0 Å². The topological polar surface area (TPSA) is 137 Å². The number of ether oxygens (including phenoxy) is 3. The maximum atomic E-state index is 15.5. The molecule has 1 aromatic carbocycles. The van der Waals surface area contributed by atoms with Crippen molar-refractivity contribution in [3.63, 3.8) is 0 Å². The number of hydrogen-bond acceptors (Lipinski definition) is 10. The highest BCUT2D eigenvalue weighted by Crippen LogP contribution is 2.44. The normalized spacial score (nSPS) is 18.3. The summed E-state index contributed by atoms with van der Waals surface area (Å²) < 4.78 is 38.9. The fraction of sp³-hybridized carbons (Fsp3) is 0.541. The van der Waals surface area contributed by atoms with Gasteiger partial charge in [-0.15, -0.1) is 0 Å². The highest BCUT2D eigenvalue weighted by Gasteiger charge is 2.47. The van der Waals surface area contributed by atoms with E-state index in [2.05, 4.69) is 59.5 Å². The lowest BCUT2D eigenvalue weighted by Crippen LogP contribution is -2.46. The van der Waals surface area contributed by atoms with Crippen LogP contribution in [-0.4, -0.2) is 80.4 Å². The maximum Gasteiger partial charge on any atom is 0.416 e. The summed E-state index contributed by atoms with van der Waals surface area (Å²) in [7, 11) is -0.668. The number of rotatable bonds is 9. The van der Waals surface area contributed by atoms with Gasteiger partial charge in [0.25, 0.3) is 5.91 Å². The van der Waals surface area contributed by atoms with Crippen molar-refractivity contribution in [3.8, 4) is 17.0 Å². The van der Waals surface area contributed by atoms with E-state index in [-0.39, 0.29) is 35.2 Å². The minimum atomic E-state index is -2.17. The summed E-state index contributed by atoms with van der Waals surface area (Å²) in [6.07, 6.45) is 3.60.